The van der Waals surface area contributed by atoms with E-state index in [4.69, 9.17) is 16.3 Å². The van der Waals surface area contributed by atoms with Gasteiger partial charge in [0.1, 0.15) is 18.2 Å². The van der Waals surface area contributed by atoms with Crippen molar-refractivity contribution in [2.45, 2.75) is 45.9 Å². The smallest absolute Gasteiger partial charge is 0.328 e. The van der Waals surface area contributed by atoms with Crippen molar-refractivity contribution < 1.29 is 19.7 Å². The summed E-state index contributed by atoms with van der Waals surface area (Å²) in [5, 5.41) is 19.7. The largest absolute Gasteiger partial charge is 0.488 e. The third kappa shape index (κ3) is 4.42. The molecule has 7 heteroatoms. The zero-order chi connectivity index (χ0) is 22.7. The lowest BCUT2D eigenvalue weighted by molar-refractivity contribution is -0.131. The number of hydrogen-bond acceptors (Lipinski definition) is 4. The van der Waals surface area contributed by atoms with E-state index in [-0.39, 0.29) is 6.61 Å². The highest BCUT2D eigenvalue weighted by Gasteiger charge is 2.21. The van der Waals surface area contributed by atoms with E-state index in [1.807, 2.05) is 47.0 Å². The zero-order valence-corrected chi connectivity index (χ0v) is 18.6. The van der Waals surface area contributed by atoms with Gasteiger partial charge in [0.25, 0.3) is 0 Å². The molecule has 0 aliphatic carbocycles. The lowest BCUT2D eigenvalue weighted by Crippen LogP contribution is -2.09. The topological polar surface area (TPSA) is 84.6 Å². The van der Waals surface area contributed by atoms with Gasteiger partial charge in [-0.2, -0.15) is 0 Å². The van der Waals surface area contributed by atoms with Crippen LogP contribution in [0.4, 0.5) is 0 Å². The minimum Gasteiger partial charge on any atom is -0.488 e. The molecular weight excluding hydrogens is 428 g/mol. The quantitative estimate of drug-likeness (QED) is 0.501. The number of nitrogens with zero attached hydrogens (tertiary/aromatic N) is 2. The molecule has 0 saturated carbocycles. The number of rotatable bonds is 7. The standard InChI is InChI=1S/C25H25ClN2O4/c1-2-3-8-23-27-25(26)21(14-29)28(23)13-16-9-10-22-20(11-16)19(12-24(30)31)18-7-5-4-6-17(18)15-32-22/h4-7,9-12,29H,2-3,8,13-15H2,1H3,(H,30,31)/b19-12-. The van der Waals surface area contributed by atoms with E-state index in [1.165, 1.54) is 6.08 Å². The van der Waals surface area contributed by atoms with Crippen LogP contribution in [0, 0.1) is 0 Å². The van der Waals surface area contributed by atoms with Crippen molar-refractivity contribution in [1.82, 2.24) is 9.55 Å². The average molecular weight is 453 g/mol. The van der Waals surface area contributed by atoms with Gasteiger partial charge in [0.15, 0.2) is 5.15 Å². The van der Waals surface area contributed by atoms with E-state index < -0.39 is 5.97 Å². The second-order valence-electron chi connectivity index (χ2n) is 7.79. The molecule has 0 atom stereocenters. The number of ether oxygens (including phenoxy) is 1. The Kier molecular flexibility index (Phi) is 6.63. The van der Waals surface area contributed by atoms with Gasteiger partial charge in [-0.25, -0.2) is 9.78 Å². The molecule has 2 aromatic carbocycles. The van der Waals surface area contributed by atoms with E-state index in [0.717, 1.165) is 47.3 Å². The molecule has 0 bridgehead atoms. The summed E-state index contributed by atoms with van der Waals surface area (Å²) in [5.41, 5.74) is 4.63. The van der Waals surface area contributed by atoms with Crippen molar-refractivity contribution in [3.05, 3.63) is 87.5 Å². The molecule has 1 aliphatic heterocycles. The van der Waals surface area contributed by atoms with E-state index >= 15 is 0 Å². The predicted molar refractivity (Wildman–Crippen MR) is 123 cm³/mol. The van der Waals surface area contributed by atoms with Crippen molar-refractivity contribution in [2.24, 2.45) is 0 Å². The van der Waals surface area contributed by atoms with Gasteiger partial charge in [-0.05, 0) is 35.2 Å². The normalized spacial score (nSPS) is 13.9. The Morgan fingerprint density at radius 3 is 2.81 bits per heavy atom. The Labute approximate surface area is 191 Å². The number of carboxylic acid groups (broad SMARTS) is 1. The third-order valence-corrected chi connectivity index (χ3v) is 5.94. The number of carboxylic acids is 1. The first kappa shape index (κ1) is 22.1. The fourth-order valence-electron chi connectivity index (χ4n) is 4.05. The van der Waals surface area contributed by atoms with E-state index in [9.17, 15) is 15.0 Å². The van der Waals surface area contributed by atoms with Crippen LogP contribution < -0.4 is 4.74 Å². The number of hydrogen-bond donors (Lipinski definition) is 2. The van der Waals surface area contributed by atoms with Crippen LogP contribution in [-0.4, -0.2) is 25.7 Å². The van der Waals surface area contributed by atoms with Gasteiger partial charge in [0.2, 0.25) is 0 Å². The fraction of sp³-hybridized carbons (Fsp3) is 0.280. The van der Waals surface area contributed by atoms with Crippen LogP contribution >= 0.6 is 11.6 Å². The molecule has 4 rings (SSSR count). The number of imidazole rings is 1. The monoisotopic (exact) mass is 452 g/mol. The van der Waals surface area contributed by atoms with Crippen molar-refractivity contribution in [1.29, 1.82) is 0 Å². The number of fused-ring (bicyclic) bond motifs is 2. The fourth-order valence-corrected chi connectivity index (χ4v) is 4.31. The second kappa shape index (κ2) is 9.59. The molecule has 0 saturated heterocycles. The molecule has 6 nitrogen and oxygen atoms in total. The Hall–Kier alpha value is -3.09. The lowest BCUT2D eigenvalue weighted by Gasteiger charge is -2.15. The molecule has 0 radical (unpaired) electrons. The van der Waals surface area contributed by atoms with Gasteiger partial charge < -0.3 is 19.5 Å². The Morgan fingerprint density at radius 1 is 1.25 bits per heavy atom. The van der Waals surface area contributed by atoms with Gasteiger partial charge >= 0.3 is 5.97 Å². The SMILES string of the molecule is CCCCc1nc(Cl)c(CO)n1Cc1ccc2c(c1)/C(=C\C(=O)O)c1ccccc1CO2. The Bertz CT molecular complexity index is 1180. The summed E-state index contributed by atoms with van der Waals surface area (Å²) in [4.78, 5) is 16.1. The molecule has 32 heavy (non-hydrogen) atoms. The van der Waals surface area contributed by atoms with Gasteiger partial charge in [0.05, 0.1) is 12.3 Å². The number of aromatic nitrogens is 2. The number of unbranched alkanes of at least 4 members (excludes halogenated alkanes) is 1. The first-order chi connectivity index (χ1) is 15.5. The van der Waals surface area contributed by atoms with Crippen LogP contribution in [0.3, 0.4) is 0 Å². The number of aliphatic hydroxyl groups excluding tert-OH is 1. The maximum atomic E-state index is 11.6. The van der Waals surface area contributed by atoms with Crippen molar-refractivity contribution >= 4 is 23.1 Å². The number of aryl methyl sites for hydroxylation is 1. The minimum absolute atomic E-state index is 0.205. The second-order valence-corrected chi connectivity index (χ2v) is 8.14. The van der Waals surface area contributed by atoms with Gasteiger partial charge in [-0.3, -0.25) is 0 Å². The van der Waals surface area contributed by atoms with E-state index in [0.29, 0.717) is 35.3 Å². The van der Waals surface area contributed by atoms with Gasteiger partial charge in [-0.15, -0.1) is 0 Å². The summed E-state index contributed by atoms with van der Waals surface area (Å²) in [6.07, 6.45) is 3.99. The molecule has 3 aromatic rings. The summed E-state index contributed by atoms with van der Waals surface area (Å²) < 4.78 is 7.95. The molecule has 2 N–H and O–H groups in total. The first-order valence-electron chi connectivity index (χ1n) is 10.7. The highest BCUT2D eigenvalue weighted by Crippen LogP contribution is 2.37. The van der Waals surface area contributed by atoms with Crippen molar-refractivity contribution in [3.8, 4) is 5.75 Å². The third-order valence-electron chi connectivity index (χ3n) is 5.64. The highest BCUT2D eigenvalue weighted by molar-refractivity contribution is 6.30. The minimum atomic E-state index is -1.01. The first-order valence-corrected chi connectivity index (χ1v) is 11.0. The van der Waals surface area contributed by atoms with E-state index in [1.54, 1.807) is 0 Å². The lowest BCUT2D eigenvalue weighted by atomic mass is 9.93. The number of benzene rings is 2. The van der Waals surface area contributed by atoms with Crippen LogP contribution in [0.5, 0.6) is 5.75 Å². The van der Waals surface area contributed by atoms with Crippen LogP contribution in [0.25, 0.3) is 5.57 Å². The van der Waals surface area contributed by atoms with E-state index in [2.05, 4.69) is 11.9 Å². The summed E-state index contributed by atoms with van der Waals surface area (Å²) in [5.74, 6) is 0.451. The maximum Gasteiger partial charge on any atom is 0.328 e. The summed E-state index contributed by atoms with van der Waals surface area (Å²) in [7, 11) is 0. The summed E-state index contributed by atoms with van der Waals surface area (Å²) in [6.45, 7) is 2.74. The molecule has 0 fully saturated rings. The molecule has 0 amide bonds. The molecule has 0 unspecified atom stereocenters. The molecular formula is C25H25ClN2O4. The predicted octanol–water partition coefficient (Wildman–Crippen LogP) is 4.83. The molecule has 1 aliphatic rings. The number of aliphatic hydroxyl groups is 1. The highest BCUT2D eigenvalue weighted by atomic mass is 35.5. The number of carbonyl (C=O) groups is 1. The molecule has 1 aromatic heterocycles. The van der Waals surface area contributed by atoms with Gasteiger partial charge in [-0.1, -0.05) is 55.3 Å². The Balaban J connectivity index is 1.79. The number of halogens is 1. The maximum absolute atomic E-state index is 11.6. The van der Waals surface area contributed by atoms with Crippen molar-refractivity contribution in [3.63, 3.8) is 0 Å². The Morgan fingerprint density at radius 2 is 2.06 bits per heavy atom. The van der Waals surface area contributed by atoms with Crippen molar-refractivity contribution in [2.75, 3.05) is 0 Å². The molecule has 0 spiro atoms. The zero-order valence-electron chi connectivity index (χ0n) is 17.8. The van der Waals surface area contributed by atoms with Crippen LogP contribution in [0.1, 0.15) is 53.5 Å². The number of aliphatic carboxylic acids is 1. The average Bonchev–Trinajstić information content (AvgIpc) is 2.99. The van der Waals surface area contributed by atoms with Crippen LogP contribution in [0.2, 0.25) is 5.15 Å². The summed E-state index contributed by atoms with van der Waals surface area (Å²) >= 11 is 6.28. The molecule has 2 heterocycles. The molecule has 166 valence electrons. The van der Waals surface area contributed by atoms with Gasteiger partial charge in [0, 0.05) is 30.2 Å². The van der Waals surface area contributed by atoms with Crippen LogP contribution in [-0.2, 0) is 31.0 Å². The summed E-state index contributed by atoms with van der Waals surface area (Å²) in [6, 6.07) is 13.4. The van der Waals surface area contributed by atoms with Crippen LogP contribution in [0.15, 0.2) is 48.5 Å².